The van der Waals surface area contributed by atoms with E-state index in [1.165, 1.54) is 10.5 Å². The van der Waals surface area contributed by atoms with Crippen molar-refractivity contribution < 1.29 is 5.11 Å². The molecule has 31 heavy (non-hydrogen) atoms. The van der Waals surface area contributed by atoms with Crippen LogP contribution in [0.3, 0.4) is 0 Å². The second kappa shape index (κ2) is 10.0. The molecule has 0 amide bonds. The normalized spacial score (nSPS) is 14.6. The molecule has 0 spiro atoms. The van der Waals surface area contributed by atoms with E-state index in [1.807, 2.05) is 25.3 Å². The van der Waals surface area contributed by atoms with Crippen LogP contribution in [0.25, 0.3) is 0 Å². The molecule has 0 saturated carbocycles. The molecule has 3 aromatic rings. The van der Waals surface area contributed by atoms with Crippen molar-refractivity contribution in [3.63, 3.8) is 0 Å². The van der Waals surface area contributed by atoms with E-state index in [2.05, 4.69) is 66.2 Å². The van der Waals surface area contributed by atoms with Crippen molar-refractivity contribution >= 4 is 29.5 Å². The Morgan fingerprint density at radius 2 is 1.68 bits per heavy atom. The van der Waals surface area contributed by atoms with Crippen LogP contribution in [0.4, 0.5) is 17.7 Å². The molecule has 1 fully saturated rings. The third kappa shape index (κ3) is 5.90. The number of pyridine rings is 1. The zero-order valence-electron chi connectivity index (χ0n) is 17.8. The summed E-state index contributed by atoms with van der Waals surface area (Å²) in [5.41, 5.74) is 1.25. The van der Waals surface area contributed by atoms with Gasteiger partial charge in [-0.15, -0.1) is 0 Å². The summed E-state index contributed by atoms with van der Waals surface area (Å²) < 4.78 is 0. The van der Waals surface area contributed by atoms with Crippen LogP contribution < -0.4 is 10.2 Å². The fraction of sp³-hybridized carbons (Fsp3) is 0.364. The van der Waals surface area contributed by atoms with E-state index < -0.39 is 0 Å². The molecule has 0 atom stereocenters. The van der Waals surface area contributed by atoms with Crippen LogP contribution in [-0.2, 0) is 0 Å². The summed E-state index contributed by atoms with van der Waals surface area (Å²) in [4.78, 5) is 24.7. The summed E-state index contributed by atoms with van der Waals surface area (Å²) in [6.45, 7) is 8.27. The van der Waals surface area contributed by atoms with Gasteiger partial charge in [-0.3, -0.25) is 4.90 Å². The summed E-state index contributed by atoms with van der Waals surface area (Å²) in [6, 6.07) is 12.4. The number of piperazine rings is 1. The Balaban J connectivity index is 1.40. The Morgan fingerprint density at radius 3 is 2.35 bits per heavy atom. The van der Waals surface area contributed by atoms with Crippen molar-refractivity contribution in [3.05, 3.63) is 54.0 Å². The molecule has 0 unspecified atom stereocenters. The first-order valence-electron chi connectivity index (χ1n) is 10.4. The zero-order chi connectivity index (χ0) is 21.6. The predicted octanol–water partition coefficient (Wildman–Crippen LogP) is 2.89. The number of aliphatic hydroxyl groups excluding tert-OH is 1. The van der Waals surface area contributed by atoms with Gasteiger partial charge >= 0.3 is 0 Å². The Bertz CT molecular complexity index is 990. The van der Waals surface area contributed by atoms with Gasteiger partial charge in [-0.05, 0) is 38.1 Å². The van der Waals surface area contributed by atoms with Gasteiger partial charge < -0.3 is 15.3 Å². The molecule has 2 aromatic heterocycles. The van der Waals surface area contributed by atoms with E-state index in [9.17, 15) is 0 Å². The lowest BCUT2D eigenvalue weighted by Crippen LogP contribution is -2.47. The highest BCUT2D eigenvalue weighted by molar-refractivity contribution is 7.99. The highest BCUT2D eigenvalue weighted by Crippen LogP contribution is 2.28. The monoisotopic (exact) mass is 437 g/mol. The first-order chi connectivity index (χ1) is 15.1. The molecule has 9 heteroatoms. The molecule has 0 bridgehead atoms. The average molecular weight is 438 g/mol. The molecule has 3 heterocycles. The Morgan fingerprint density at radius 1 is 0.935 bits per heavy atom. The molecular weight excluding hydrogens is 410 g/mol. The highest BCUT2D eigenvalue weighted by atomic mass is 32.2. The lowest BCUT2D eigenvalue weighted by molar-refractivity contribution is 0.188. The Labute approximate surface area is 186 Å². The average Bonchev–Trinajstić information content (AvgIpc) is 2.77. The fourth-order valence-corrected chi connectivity index (χ4v) is 4.14. The second-order valence-corrected chi connectivity index (χ2v) is 8.62. The van der Waals surface area contributed by atoms with Gasteiger partial charge in [-0.2, -0.15) is 15.0 Å². The van der Waals surface area contributed by atoms with Gasteiger partial charge in [0.25, 0.3) is 0 Å². The first kappa shape index (κ1) is 21.5. The van der Waals surface area contributed by atoms with E-state index in [1.54, 1.807) is 11.8 Å². The van der Waals surface area contributed by atoms with Crippen LogP contribution in [0.1, 0.15) is 11.4 Å². The van der Waals surface area contributed by atoms with Gasteiger partial charge in [0, 0.05) is 48.7 Å². The summed E-state index contributed by atoms with van der Waals surface area (Å²) in [6.07, 6.45) is 1.85. The van der Waals surface area contributed by atoms with Gasteiger partial charge in [0.1, 0.15) is 11.6 Å². The molecule has 162 valence electrons. The minimum absolute atomic E-state index is 0.189. The number of hydrogen-bond donors (Lipinski definition) is 2. The third-order valence-electron chi connectivity index (χ3n) is 5.04. The smallest absolute Gasteiger partial charge is 0.233 e. The van der Waals surface area contributed by atoms with Crippen molar-refractivity contribution in [2.45, 2.75) is 23.6 Å². The van der Waals surface area contributed by atoms with Crippen LogP contribution in [-0.4, -0.2) is 69.3 Å². The fourth-order valence-electron chi connectivity index (χ4n) is 3.35. The molecular formula is C22H27N7OS. The molecule has 1 aliphatic heterocycles. The highest BCUT2D eigenvalue weighted by Gasteiger charge is 2.19. The maximum Gasteiger partial charge on any atom is 0.233 e. The number of aromatic nitrogens is 4. The van der Waals surface area contributed by atoms with Gasteiger partial charge in [-0.25, -0.2) is 4.98 Å². The molecule has 4 rings (SSSR count). The number of aryl methyl sites for hydroxylation is 2. The van der Waals surface area contributed by atoms with Crippen molar-refractivity contribution in [2.75, 3.05) is 49.5 Å². The Kier molecular flexibility index (Phi) is 6.96. The number of rotatable bonds is 7. The number of nitrogens with zero attached hydrogens (tertiary/aromatic N) is 6. The number of β-amino-alcohol motifs (C(OH)–C–C–N with tert-alkyl or cyclic N) is 1. The van der Waals surface area contributed by atoms with Crippen LogP contribution in [0, 0.1) is 13.8 Å². The molecule has 0 aliphatic carbocycles. The first-order valence-corrected chi connectivity index (χ1v) is 11.2. The molecule has 1 aliphatic rings. The van der Waals surface area contributed by atoms with E-state index in [4.69, 9.17) is 5.11 Å². The molecule has 0 radical (unpaired) electrons. The third-order valence-corrected chi connectivity index (χ3v) is 6.02. The van der Waals surface area contributed by atoms with Crippen molar-refractivity contribution in [1.29, 1.82) is 0 Å². The lowest BCUT2D eigenvalue weighted by atomic mass is 10.2. The zero-order valence-corrected chi connectivity index (χ0v) is 18.6. The van der Waals surface area contributed by atoms with E-state index in [-0.39, 0.29) is 6.61 Å². The summed E-state index contributed by atoms with van der Waals surface area (Å²) >= 11 is 1.68. The van der Waals surface area contributed by atoms with Crippen molar-refractivity contribution in [3.8, 4) is 0 Å². The van der Waals surface area contributed by atoms with Gasteiger partial charge in [-0.1, -0.05) is 29.5 Å². The van der Waals surface area contributed by atoms with Gasteiger partial charge in [0.15, 0.2) is 0 Å². The molecule has 1 saturated heterocycles. The van der Waals surface area contributed by atoms with E-state index >= 15 is 0 Å². The van der Waals surface area contributed by atoms with Gasteiger partial charge in [0.05, 0.1) is 6.61 Å². The predicted molar refractivity (Wildman–Crippen MR) is 123 cm³/mol. The molecule has 2 N–H and O–H groups in total. The number of anilines is 3. The maximum absolute atomic E-state index is 9.11. The van der Waals surface area contributed by atoms with E-state index in [0.717, 1.165) is 31.1 Å². The topological polar surface area (TPSA) is 90.3 Å². The standard InChI is InChI=1S/C22H27N7OS/c1-16-3-5-18(6-4-16)31-19-7-8-20(23-15-19)26-21-24-17(2)25-22(27-21)29-11-9-28(10-12-29)13-14-30/h3-8,15,30H,9-14H2,1-2H3,(H,23,24,25,26,27). The van der Waals surface area contributed by atoms with Crippen molar-refractivity contribution in [2.24, 2.45) is 0 Å². The largest absolute Gasteiger partial charge is 0.395 e. The second-order valence-electron chi connectivity index (χ2n) is 7.48. The molecule has 8 nitrogen and oxygen atoms in total. The van der Waals surface area contributed by atoms with Crippen LogP contribution in [0.5, 0.6) is 0 Å². The van der Waals surface area contributed by atoms with E-state index in [0.29, 0.717) is 30.1 Å². The number of nitrogens with one attached hydrogen (secondary N) is 1. The summed E-state index contributed by atoms with van der Waals surface area (Å²) in [5, 5.41) is 12.3. The Hall–Kier alpha value is -2.75. The maximum atomic E-state index is 9.11. The molecule has 1 aromatic carbocycles. The van der Waals surface area contributed by atoms with Crippen LogP contribution >= 0.6 is 11.8 Å². The SMILES string of the molecule is Cc1ccc(Sc2ccc(Nc3nc(C)nc(N4CCN(CCO)CC4)n3)nc2)cc1. The summed E-state index contributed by atoms with van der Waals surface area (Å²) in [5.74, 6) is 2.52. The number of benzene rings is 1. The van der Waals surface area contributed by atoms with Crippen LogP contribution in [0.2, 0.25) is 0 Å². The lowest BCUT2D eigenvalue weighted by Gasteiger charge is -2.34. The number of hydrogen-bond acceptors (Lipinski definition) is 9. The quantitative estimate of drug-likeness (QED) is 0.579. The minimum atomic E-state index is 0.189. The van der Waals surface area contributed by atoms with Crippen LogP contribution in [0.15, 0.2) is 52.4 Å². The van der Waals surface area contributed by atoms with Crippen molar-refractivity contribution in [1.82, 2.24) is 24.8 Å². The summed E-state index contributed by atoms with van der Waals surface area (Å²) in [7, 11) is 0. The minimum Gasteiger partial charge on any atom is -0.395 e. The number of aliphatic hydroxyl groups is 1. The van der Waals surface area contributed by atoms with Gasteiger partial charge in [0.2, 0.25) is 11.9 Å².